The zero-order valence-electron chi connectivity index (χ0n) is 2.83. The summed E-state index contributed by atoms with van der Waals surface area (Å²) >= 11 is 0. The van der Waals surface area contributed by atoms with Gasteiger partial charge in [0, 0.05) is 17.1 Å². The van der Waals surface area contributed by atoms with Gasteiger partial charge in [-0.05, 0) is 0 Å². The van der Waals surface area contributed by atoms with E-state index in [1.54, 1.807) is 0 Å². The van der Waals surface area contributed by atoms with Crippen molar-refractivity contribution < 1.29 is 39.3 Å². The molecule has 7 heteroatoms. The molecular formula is H3CuFO4S. The molecule has 0 saturated heterocycles. The first-order valence-electron chi connectivity index (χ1n) is 0.698. The molecular weight excluding hydrogens is 179 g/mol. The van der Waals surface area contributed by atoms with E-state index in [4.69, 9.17) is 17.5 Å². The second kappa shape index (κ2) is 4.48. The Balaban J connectivity index is -0.0000000800. The van der Waals surface area contributed by atoms with E-state index >= 15 is 0 Å². The Morgan fingerprint density at radius 2 is 1.14 bits per heavy atom. The van der Waals surface area contributed by atoms with Crippen LogP contribution >= 0.6 is 0 Å². The summed E-state index contributed by atoms with van der Waals surface area (Å²) in [6.07, 6.45) is 0. The molecule has 0 aromatic rings. The summed E-state index contributed by atoms with van der Waals surface area (Å²) in [5.74, 6) is 0. The molecule has 0 aliphatic heterocycles. The predicted molar refractivity (Wildman–Crippen MR) is 16.7 cm³/mol. The normalized spacial score (nSPS) is 8.29. The minimum atomic E-state index is -4.67. The van der Waals surface area contributed by atoms with E-state index in [1.807, 2.05) is 0 Å². The van der Waals surface area contributed by atoms with Crippen LogP contribution in [0.15, 0.2) is 0 Å². The monoisotopic (exact) mass is 181 g/mol. The largest absolute Gasteiger partial charge is 0.394 e. The van der Waals surface area contributed by atoms with Gasteiger partial charge < -0.3 is 0 Å². The molecule has 0 spiro atoms. The molecule has 4 nitrogen and oxygen atoms in total. The Bertz CT molecular complexity index is 94.9. The first-order valence-corrected chi connectivity index (χ1v) is 2.10. The fourth-order valence-electron chi connectivity index (χ4n) is 0. The Morgan fingerprint density at radius 3 is 1.14 bits per heavy atom. The van der Waals surface area contributed by atoms with Crippen molar-refractivity contribution in [3.8, 4) is 0 Å². The molecule has 0 aliphatic rings. The summed E-state index contributed by atoms with van der Waals surface area (Å²) in [5, 5.41) is 0. The van der Waals surface area contributed by atoms with Crippen molar-refractivity contribution in [3.05, 3.63) is 0 Å². The summed E-state index contributed by atoms with van der Waals surface area (Å²) in [7, 11) is -4.67. The van der Waals surface area contributed by atoms with Gasteiger partial charge in [-0.1, -0.05) is 0 Å². The molecule has 0 aliphatic carbocycles. The van der Waals surface area contributed by atoms with E-state index in [9.17, 15) is 0 Å². The molecule has 0 rings (SSSR count). The van der Waals surface area contributed by atoms with E-state index in [0.29, 0.717) is 0 Å². The first-order chi connectivity index (χ1) is 2.00. The summed E-state index contributed by atoms with van der Waals surface area (Å²) in [6, 6.07) is 0. The maximum atomic E-state index is 8.74. The Labute approximate surface area is 50.3 Å². The quantitative estimate of drug-likeness (QED) is 0.390. The molecule has 0 saturated carbocycles. The van der Waals surface area contributed by atoms with Crippen molar-refractivity contribution in [2.75, 3.05) is 0 Å². The van der Waals surface area contributed by atoms with Crippen LogP contribution < -0.4 is 0 Å². The van der Waals surface area contributed by atoms with Crippen LogP contribution in [0.5, 0.6) is 0 Å². The molecule has 2 N–H and O–H groups in total. The van der Waals surface area contributed by atoms with Gasteiger partial charge in [0.05, 0.1) is 0 Å². The first kappa shape index (κ1) is 15.7. The van der Waals surface area contributed by atoms with Gasteiger partial charge in [-0.2, -0.15) is 8.42 Å². The van der Waals surface area contributed by atoms with Gasteiger partial charge in [-0.15, -0.1) is 0 Å². The van der Waals surface area contributed by atoms with Crippen LogP contribution in [0.3, 0.4) is 0 Å². The Morgan fingerprint density at radius 1 is 1.14 bits per heavy atom. The van der Waals surface area contributed by atoms with Crippen LogP contribution in [0, 0.1) is 0 Å². The van der Waals surface area contributed by atoms with Crippen molar-refractivity contribution in [1.29, 1.82) is 0 Å². The van der Waals surface area contributed by atoms with Crippen molar-refractivity contribution in [1.82, 2.24) is 0 Å². The van der Waals surface area contributed by atoms with Gasteiger partial charge in [0.2, 0.25) is 0 Å². The fraction of sp³-hybridized carbons (Fsp3) is 0. The van der Waals surface area contributed by atoms with Crippen LogP contribution in [0.2, 0.25) is 0 Å². The van der Waals surface area contributed by atoms with Gasteiger partial charge in [0.25, 0.3) is 0 Å². The van der Waals surface area contributed by atoms with Crippen LogP contribution in [0.4, 0.5) is 4.70 Å². The van der Waals surface area contributed by atoms with Gasteiger partial charge in [-0.3, -0.25) is 13.8 Å². The van der Waals surface area contributed by atoms with Crippen LogP contribution in [-0.4, -0.2) is 17.5 Å². The van der Waals surface area contributed by atoms with Crippen LogP contribution in [0.1, 0.15) is 0 Å². The third-order valence-corrected chi connectivity index (χ3v) is 0. The minimum Gasteiger partial charge on any atom is -0.269 e. The zero-order chi connectivity index (χ0) is 4.50. The van der Waals surface area contributed by atoms with Gasteiger partial charge in [0.15, 0.2) is 0 Å². The molecule has 0 unspecified atom stereocenters. The van der Waals surface area contributed by atoms with E-state index < -0.39 is 10.4 Å². The summed E-state index contributed by atoms with van der Waals surface area (Å²) in [5.41, 5.74) is 0. The number of halogens is 1. The number of rotatable bonds is 0. The topological polar surface area (TPSA) is 74.6 Å². The predicted octanol–water partition coefficient (Wildman–Crippen LogP) is -0.503. The molecule has 51 valence electrons. The van der Waals surface area contributed by atoms with Crippen molar-refractivity contribution >= 4 is 10.4 Å². The third kappa shape index (κ3) is 1160. The molecule has 0 atom stereocenters. The Kier molecular flexibility index (Phi) is 10.0. The molecule has 0 heterocycles. The molecule has 1 radical (unpaired) electrons. The van der Waals surface area contributed by atoms with E-state index in [2.05, 4.69) is 0 Å². The van der Waals surface area contributed by atoms with Crippen molar-refractivity contribution in [2.45, 2.75) is 0 Å². The van der Waals surface area contributed by atoms with Gasteiger partial charge >= 0.3 is 10.4 Å². The molecule has 0 amide bonds. The second-order valence-electron chi connectivity index (χ2n) is 0.448. The minimum absolute atomic E-state index is 0. The zero-order valence-corrected chi connectivity index (χ0v) is 4.59. The molecule has 0 aromatic carbocycles. The van der Waals surface area contributed by atoms with E-state index in [0.717, 1.165) is 0 Å². The standard InChI is InChI=1S/Cu.FH.H2O4S/c;;1-5(2,3)4/h;1H;(H2,1,2,3,4). The van der Waals surface area contributed by atoms with E-state index in [-0.39, 0.29) is 21.8 Å². The number of hydrogen-bond donors (Lipinski definition) is 2. The van der Waals surface area contributed by atoms with Crippen molar-refractivity contribution in [2.24, 2.45) is 0 Å². The summed E-state index contributed by atoms with van der Waals surface area (Å²) in [4.78, 5) is 0. The average molecular weight is 182 g/mol. The van der Waals surface area contributed by atoms with Crippen LogP contribution in [0.25, 0.3) is 0 Å². The summed E-state index contributed by atoms with van der Waals surface area (Å²) < 4.78 is 31.6. The molecule has 0 aromatic heterocycles. The molecule has 7 heavy (non-hydrogen) atoms. The maximum Gasteiger partial charge on any atom is 0.394 e. The second-order valence-corrected chi connectivity index (χ2v) is 1.34. The molecule has 0 fully saturated rings. The number of hydrogen-bond acceptors (Lipinski definition) is 2. The fourth-order valence-corrected chi connectivity index (χ4v) is 0. The smallest absolute Gasteiger partial charge is 0.269 e. The van der Waals surface area contributed by atoms with Crippen LogP contribution in [-0.2, 0) is 27.5 Å². The average Bonchev–Trinajstić information content (AvgIpc) is 0.722. The molecule has 0 bridgehead atoms. The third-order valence-electron chi connectivity index (χ3n) is 0. The van der Waals surface area contributed by atoms with E-state index in [1.165, 1.54) is 0 Å². The summed E-state index contributed by atoms with van der Waals surface area (Å²) in [6.45, 7) is 0. The van der Waals surface area contributed by atoms with Crippen molar-refractivity contribution in [3.63, 3.8) is 0 Å². The SMILES string of the molecule is F.O=S(=O)(O)O.[Cu]. The maximum absolute atomic E-state index is 8.74. The van der Waals surface area contributed by atoms with Gasteiger partial charge in [-0.25, -0.2) is 0 Å². The Hall–Kier alpha value is 0.319. The van der Waals surface area contributed by atoms with Gasteiger partial charge in [0.1, 0.15) is 0 Å².